The SMILES string of the molecule is CC(C)N1CCCC(NCC2CSCCS2)CC1. The first kappa shape index (κ1) is 15.0. The molecule has 2 saturated heterocycles. The summed E-state index contributed by atoms with van der Waals surface area (Å²) >= 11 is 4.30. The monoisotopic (exact) mass is 288 g/mol. The largest absolute Gasteiger partial charge is 0.313 e. The van der Waals surface area contributed by atoms with Crippen LogP contribution in [0.25, 0.3) is 0 Å². The minimum atomic E-state index is 0.717. The van der Waals surface area contributed by atoms with Gasteiger partial charge in [-0.15, -0.1) is 0 Å². The van der Waals surface area contributed by atoms with Gasteiger partial charge >= 0.3 is 0 Å². The molecule has 0 radical (unpaired) electrons. The van der Waals surface area contributed by atoms with Crippen molar-refractivity contribution in [3.8, 4) is 0 Å². The van der Waals surface area contributed by atoms with E-state index in [9.17, 15) is 0 Å². The van der Waals surface area contributed by atoms with E-state index in [4.69, 9.17) is 0 Å². The van der Waals surface area contributed by atoms with Crippen LogP contribution in [0.5, 0.6) is 0 Å². The quantitative estimate of drug-likeness (QED) is 0.855. The van der Waals surface area contributed by atoms with Gasteiger partial charge in [0.05, 0.1) is 0 Å². The second-order valence-electron chi connectivity index (χ2n) is 5.73. The second-order valence-corrected chi connectivity index (χ2v) is 8.29. The average Bonchev–Trinajstić information content (AvgIpc) is 2.63. The number of hydrogen-bond acceptors (Lipinski definition) is 4. The van der Waals surface area contributed by atoms with Gasteiger partial charge in [0.1, 0.15) is 0 Å². The van der Waals surface area contributed by atoms with E-state index in [0.717, 1.165) is 11.3 Å². The summed E-state index contributed by atoms with van der Waals surface area (Å²) < 4.78 is 0. The van der Waals surface area contributed by atoms with Crippen LogP contribution in [0.15, 0.2) is 0 Å². The molecule has 0 spiro atoms. The van der Waals surface area contributed by atoms with Gasteiger partial charge in [-0.25, -0.2) is 0 Å². The Bertz CT molecular complexity index is 230. The van der Waals surface area contributed by atoms with Gasteiger partial charge in [-0.1, -0.05) is 0 Å². The van der Waals surface area contributed by atoms with Crippen LogP contribution in [0.3, 0.4) is 0 Å². The van der Waals surface area contributed by atoms with Crippen molar-refractivity contribution in [2.75, 3.05) is 36.9 Å². The van der Waals surface area contributed by atoms with Gasteiger partial charge in [0.2, 0.25) is 0 Å². The van der Waals surface area contributed by atoms with E-state index in [-0.39, 0.29) is 0 Å². The molecule has 2 fully saturated rings. The Hall–Kier alpha value is 0.620. The molecule has 0 amide bonds. The second kappa shape index (κ2) is 8.03. The Balaban J connectivity index is 1.66. The number of likely N-dealkylation sites (tertiary alicyclic amines) is 1. The summed E-state index contributed by atoms with van der Waals surface area (Å²) in [4.78, 5) is 2.63. The van der Waals surface area contributed by atoms with E-state index in [1.165, 1.54) is 56.2 Å². The van der Waals surface area contributed by atoms with Crippen molar-refractivity contribution in [2.24, 2.45) is 0 Å². The lowest BCUT2D eigenvalue weighted by Gasteiger charge is -2.25. The van der Waals surface area contributed by atoms with Crippen molar-refractivity contribution in [2.45, 2.75) is 50.4 Å². The summed E-state index contributed by atoms with van der Waals surface area (Å²) in [6.07, 6.45) is 4.07. The molecule has 0 aromatic heterocycles. The molecule has 2 nitrogen and oxygen atoms in total. The Labute approximate surface area is 121 Å². The summed E-state index contributed by atoms with van der Waals surface area (Å²) in [5, 5.41) is 4.68. The molecule has 4 heteroatoms. The topological polar surface area (TPSA) is 15.3 Å². The van der Waals surface area contributed by atoms with Gasteiger partial charge in [0, 0.05) is 41.1 Å². The first-order chi connectivity index (χ1) is 8.75. The Kier molecular flexibility index (Phi) is 6.70. The first-order valence-electron chi connectivity index (χ1n) is 7.42. The van der Waals surface area contributed by atoms with E-state index >= 15 is 0 Å². The number of hydrogen-bond donors (Lipinski definition) is 1. The molecule has 2 rings (SSSR count). The van der Waals surface area contributed by atoms with E-state index in [0.29, 0.717) is 6.04 Å². The molecular formula is C14H28N2S2. The molecule has 0 aromatic rings. The summed E-state index contributed by atoms with van der Waals surface area (Å²) in [7, 11) is 0. The standard InChI is InChI=1S/C14H28N2S2/c1-12(2)16-6-3-4-13(5-7-16)15-10-14-11-17-8-9-18-14/h12-15H,3-11H2,1-2H3. The van der Waals surface area contributed by atoms with Crippen LogP contribution in [-0.2, 0) is 0 Å². The number of nitrogens with one attached hydrogen (secondary N) is 1. The van der Waals surface area contributed by atoms with Gasteiger partial charge in [0.15, 0.2) is 0 Å². The molecule has 1 N–H and O–H groups in total. The van der Waals surface area contributed by atoms with Crippen LogP contribution in [0.2, 0.25) is 0 Å². The fraction of sp³-hybridized carbons (Fsp3) is 1.00. The number of nitrogens with zero attached hydrogens (tertiary/aromatic N) is 1. The number of rotatable bonds is 4. The Morgan fingerprint density at radius 2 is 2.11 bits per heavy atom. The van der Waals surface area contributed by atoms with Crippen LogP contribution in [0.4, 0.5) is 0 Å². The van der Waals surface area contributed by atoms with E-state index < -0.39 is 0 Å². The Morgan fingerprint density at radius 1 is 1.22 bits per heavy atom. The lowest BCUT2D eigenvalue weighted by atomic mass is 10.1. The maximum atomic E-state index is 3.83. The molecular weight excluding hydrogens is 260 g/mol. The van der Waals surface area contributed by atoms with Crippen molar-refractivity contribution < 1.29 is 0 Å². The lowest BCUT2D eigenvalue weighted by molar-refractivity contribution is 0.229. The predicted molar refractivity (Wildman–Crippen MR) is 85.9 cm³/mol. The van der Waals surface area contributed by atoms with Crippen molar-refractivity contribution in [3.05, 3.63) is 0 Å². The predicted octanol–water partition coefficient (Wildman–Crippen LogP) is 2.69. The summed E-state index contributed by atoms with van der Waals surface area (Å²) in [6, 6.07) is 1.48. The molecule has 0 aliphatic carbocycles. The molecule has 2 aliphatic heterocycles. The molecule has 2 heterocycles. The molecule has 106 valence electrons. The van der Waals surface area contributed by atoms with Crippen LogP contribution in [0.1, 0.15) is 33.1 Å². The average molecular weight is 289 g/mol. The molecule has 0 bridgehead atoms. The van der Waals surface area contributed by atoms with Crippen LogP contribution in [-0.4, -0.2) is 59.1 Å². The van der Waals surface area contributed by atoms with Gasteiger partial charge in [-0.2, -0.15) is 23.5 Å². The molecule has 0 saturated carbocycles. The minimum Gasteiger partial charge on any atom is -0.313 e. The highest BCUT2D eigenvalue weighted by Gasteiger charge is 2.20. The fourth-order valence-corrected chi connectivity index (χ4v) is 5.42. The maximum absolute atomic E-state index is 3.83. The smallest absolute Gasteiger partial charge is 0.0263 e. The fourth-order valence-electron chi connectivity index (χ4n) is 2.79. The van der Waals surface area contributed by atoms with Crippen LogP contribution in [0, 0.1) is 0 Å². The van der Waals surface area contributed by atoms with Gasteiger partial charge < -0.3 is 10.2 Å². The van der Waals surface area contributed by atoms with Crippen LogP contribution >= 0.6 is 23.5 Å². The summed E-state index contributed by atoms with van der Waals surface area (Å²) in [6.45, 7) is 8.45. The Morgan fingerprint density at radius 3 is 2.83 bits per heavy atom. The van der Waals surface area contributed by atoms with E-state index in [2.05, 4.69) is 47.6 Å². The van der Waals surface area contributed by atoms with Crippen molar-refractivity contribution >= 4 is 23.5 Å². The first-order valence-corrected chi connectivity index (χ1v) is 9.63. The highest BCUT2D eigenvalue weighted by Crippen LogP contribution is 2.23. The third kappa shape index (κ3) is 4.95. The van der Waals surface area contributed by atoms with Crippen molar-refractivity contribution in [1.82, 2.24) is 10.2 Å². The zero-order valence-electron chi connectivity index (χ0n) is 11.9. The highest BCUT2D eigenvalue weighted by atomic mass is 32.2. The molecule has 0 aromatic carbocycles. The third-order valence-corrected chi connectivity index (χ3v) is 6.86. The van der Waals surface area contributed by atoms with Gasteiger partial charge in [-0.05, 0) is 46.2 Å². The third-order valence-electron chi connectivity index (χ3n) is 4.01. The van der Waals surface area contributed by atoms with Crippen molar-refractivity contribution in [1.29, 1.82) is 0 Å². The molecule has 2 atom stereocenters. The maximum Gasteiger partial charge on any atom is 0.0263 e. The molecule has 18 heavy (non-hydrogen) atoms. The normalized spacial score (nSPS) is 31.5. The summed E-state index contributed by atoms with van der Waals surface area (Å²) in [5.74, 6) is 4.05. The van der Waals surface area contributed by atoms with Crippen molar-refractivity contribution in [3.63, 3.8) is 0 Å². The summed E-state index contributed by atoms with van der Waals surface area (Å²) in [5.41, 5.74) is 0. The highest BCUT2D eigenvalue weighted by molar-refractivity contribution is 8.06. The lowest BCUT2D eigenvalue weighted by Crippen LogP contribution is -2.37. The van der Waals surface area contributed by atoms with Crippen LogP contribution < -0.4 is 5.32 Å². The van der Waals surface area contributed by atoms with Gasteiger partial charge in [-0.3, -0.25) is 0 Å². The molecule has 2 unspecified atom stereocenters. The van der Waals surface area contributed by atoms with Gasteiger partial charge in [0.25, 0.3) is 0 Å². The van der Waals surface area contributed by atoms with E-state index in [1.807, 2.05) is 0 Å². The minimum absolute atomic E-state index is 0.717. The number of thioether (sulfide) groups is 2. The zero-order valence-corrected chi connectivity index (χ0v) is 13.5. The van der Waals surface area contributed by atoms with E-state index in [1.54, 1.807) is 0 Å². The zero-order chi connectivity index (χ0) is 12.8. The molecule has 2 aliphatic rings.